The number of aliphatic carboxylic acids is 1. The second kappa shape index (κ2) is 8.53. The molecular formula is C11H20N2O3S2. The number of nitrogens with zero attached hydrogens (tertiary/aromatic N) is 1. The van der Waals surface area contributed by atoms with Crippen molar-refractivity contribution in [1.29, 1.82) is 0 Å². The normalized spacial score (nSPS) is 18.9. The molecule has 5 nitrogen and oxygen atoms in total. The standard InChI is InChI=1S/C11H20N2O3S2/c1-17-6-4-2-3-5-12-11(16)13-8-18-7-9(13)10(14)15/h9H,2-8H2,1H3,(H,12,16)(H,14,15). The molecule has 1 rings (SSSR count). The number of urea groups is 1. The molecule has 18 heavy (non-hydrogen) atoms. The molecule has 1 atom stereocenters. The molecular weight excluding hydrogens is 272 g/mol. The topological polar surface area (TPSA) is 69.6 Å². The summed E-state index contributed by atoms with van der Waals surface area (Å²) in [5.41, 5.74) is 0. The van der Waals surface area contributed by atoms with Gasteiger partial charge in [-0.05, 0) is 24.9 Å². The number of carbonyl (C=O) groups is 2. The van der Waals surface area contributed by atoms with Crippen LogP contribution < -0.4 is 5.32 Å². The molecule has 0 aliphatic carbocycles. The van der Waals surface area contributed by atoms with E-state index in [1.807, 2.05) is 11.8 Å². The third kappa shape index (κ3) is 4.97. The summed E-state index contributed by atoms with van der Waals surface area (Å²) >= 11 is 3.31. The first-order valence-corrected chi connectivity index (χ1v) is 8.55. The van der Waals surface area contributed by atoms with Crippen LogP contribution in [-0.4, -0.2) is 58.2 Å². The monoisotopic (exact) mass is 292 g/mol. The van der Waals surface area contributed by atoms with E-state index in [2.05, 4.69) is 11.6 Å². The highest BCUT2D eigenvalue weighted by molar-refractivity contribution is 7.99. The van der Waals surface area contributed by atoms with Gasteiger partial charge in [0.25, 0.3) is 0 Å². The minimum absolute atomic E-state index is 0.253. The van der Waals surface area contributed by atoms with Gasteiger partial charge in [0.15, 0.2) is 0 Å². The van der Waals surface area contributed by atoms with Crippen molar-refractivity contribution < 1.29 is 14.7 Å². The number of nitrogens with one attached hydrogen (secondary N) is 1. The maximum absolute atomic E-state index is 11.8. The van der Waals surface area contributed by atoms with Crippen LogP contribution in [0.5, 0.6) is 0 Å². The Morgan fingerprint density at radius 1 is 1.44 bits per heavy atom. The van der Waals surface area contributed by atoms with Gasteiger partial charge in [-0.3, -0.25) is 0 Å². The summed E-state index contributed by atoms with van der Waals surface area (Å²) < 4.78 is 0. The number of rotatable bonds is 7. The highest BCUT2D eigenvalue weighted by atomic mass is 32.2. The van der Waals surface area contributed by atoms with Gasteiger partial charge in [0.05, 0.1) is 5.88 Å². The molecule has 0 aromatic carbocycles. The third-order valence-corrected chi connectivity index (χ3v) is 4.44. The van der Waals surface area contributed by atoms with Crippen LogP contribution in [0.1, 0.15) is 19.3 Å². The first-order chi connectivity index (χ1) is 8.66. The van der Waals surface area contributed by atoms with Crippen molar-refractivity contribution in [3.63, 3.8) is 0 Å². The molecule has 2 amide bonds. The minimum Gasteiger partial charge on any atom is -0.480 e. The second-order valence-corrected chi connectivity index (χ2v) is 6.09. The summed E-state index contributed by atoms with van der Waals surface area (Å²) in [5, 5.41) is 11.8. The van der Waals surface area contributed by atoms with E-state index < -0.39 is 12.0 Å². The quantitative estimate of drug-likeness (QED) is 0.699. The molecule has 1 aliphatic heterocycles. The molecule has 7 heteroatoms. The Hall–Kier alpha value is -0.560. The van der Waals surface area contributed by atoms with Crippen LogP contribution in [0.3, 0.4) is 0 Å². The average Bonchev–Trinajstić information content (AvgIpc) is 2.82. The highest BCUT2D eigenvalue weighted by Crippen LogP contribution is 2.20. The molecule has 0 bridgehead atoms. The Morgan fingerprint density at radius 2 is 2.22 bits per heavy atom. The summed E-state index contributed by atoms with van der Waals surface area (Å²) in [7, 11) is 0. The number of hydrogen-bond donors (Lipinski definition) is 2. The lowest BCUT2D eigenvalue weighted by molar-refractivity contribution is -0.140. The molecule has 1 fully saturated rings. The van der Waals surface area contributed by atoms with Gasteiger partial charge in [0.1, 0.15) is 6.04 Å². The van der Waals surface area contributed by atoms with Crippen LogP contribution in [-0.2, 0) is 4.79 Å². The maximum Gasteiger partial charge on any atom is 0.327 e. The lowest BCUT2D eigenvalue weighted by atomic mass is 10.2. The molecule has 0 aromatic heterocycles. The van der Waals surface area contributed by atoms with Crippen LogP contribution in [0, 0.1) is 0 Å². The number of carboxylic acid groups (broad SMARTS) is 1. The zero-order valence-electron chi connectivity index (χ0n) is 10.6. The van der Waals surface area contributed by atoms with Gasteiger partial charge in [-0.1, -0.05) is 6.42 Å². The average molecular weight is 292 g/mol. The Balaban J connectivity index is 2.18. The van der Waals surface area contributed by atoms with E-state index >= 15 is 0 Å². The van der Waals surface area contributed by atoms with Crippen LogP contribution in [0.25, 0.3) is 0 Å². The van der Waals surface area contributed by atoms with Gasteiger partial charge in [-0.2, -0.15) is 11.8 Å². The van der Waals surface area contributed by atoms with Crippen LogP contribution in [0.15, 0.2) is 0 Å². The summed E-state index contributed by atoms with van der Waals surface area (Å²) in [4.78, 5) is 24.1. The molecule has 1 saturated heterocycles. The molecule has 1 heterocycles. The molecule has 0 radical (unpaired) electrons. The number of carbonyl (C=O) groups excluding carboxylic acids is 1. The van der Waals surface area contributed by atoms with Crippen molar-refractivity contribution in [3.8, 4) is 0 Å². The molecule has 0 saturated carbocycles. The smallest absolute Gasteiger partial charge is 0.327 e. The van der Waals surface area contributed by atoms with Crippen molar-refractivity contribution in [2.45, 2.75) is 25.3 Å². The fraction of sp³-hybridized carbons (Fsp3) is 0.818. The number of hydrogen-bond acceptors (Lipinski definition) is 4. The van der Waals surface area contributed by atoms with Gasteiger partial charge < -0.3 is 15.3 Å². The molecule has 104 valence electrons. The Bertz CT molecular complexity index is 289. The Labute approximate surface area is 116 Å². The molecule has 1 aliphatic rings. The lowest BCUT2D eigenvalue weighted by Gasteiger charge is -2.20. The van der Waals surface area contributed by atoms with Crippen molar-refractivity contribution in [3.05, 3.63) is 0 Å². The first-order valence-electron chi connectivity index (χ1n) is 6.00. The zero-order valence-corrected chi connectivity index (χ0v) is 12.2. The summed E-state index contributed by atoms with van der Waals surface area (Å²) in [6.45, 7) is 0.626. The summed E-state index contributed by atoms with van der Waals surface area (Å²) in [6, 6.07) is -0.927. The highest BCUT2D eigenvalue weighted by Gasteiger charge is 2.34. The van der Waals surface area contributed by atoms with E-state index in [1.165, 1.54) is 16.7 Å². The lowest BCUT2D eigenvalue weighted by Crippen LogP contribution is -2.47. The van der Waals surface area contributed by atoms with Gasteiger partial charge in [-0.25, -0.2) is 9.59 Å². The fourth-order valence-electron chi connectivity index (χ4n) is 1.69. The van der Waals surface area contributed by atoms with Crippen molar-refractivity contribution >= 4 is 35.5 Å². The second-order valence-electron chi connectivity index (χ2n) is 4.11. The van der Waals surface area contributed by atoms with E-state index in [1.54, 1.807) is 0 Å². The molecule has 1 unspecified atom stereocenters. The third-order valence-electron chi connectivity index (χ3n) is 2.73. The maximum atomic E-state index is 11.8. The van der Waals surface area contributed by atoms with Crippen molar-refractivity contribution in [2.24, 2.45) is 0 Å². The van der Waals surface area contributed by atoms with Gasteiger partial charge in [0.2, 0.25) is 0 Å². The van der Waals surface area contributed by atoms with Crippen LogP contribution in [0.4, 0.5) is 4.79 Å². The number of unbranched alkanes of at least 4 members (excludes halogenated alkanes) is 2. The van der Waals surface area contributed by atoms with E-state index in [4.69, 9.17) is 5.11 Å². The van der Waals surface area contributed by atoms with E-state index in [-0.39, 0.29) is 6.03 Å². The summed E-state index contributed by atoms with van der Waals surface area (Å²) in [5.74, 6) is 1.18. The van der Waals surface area contributed by atoms with E-state index in [9.17, 15) is 9.59 Å². The number of carboxylic acids is 1. The van der Waals surface area contributed by atoms with Crippen molar-refractivity contribution in [1.82, 2.24) is 10.2 Å². The zero-order chi connectivity index (χ0) is 13.4. The number of thioether (sulfide) groups is 2. The predicted octanol–water partition coefficient (Wildman–Crippen LogP) is 1.69. The largest absolute Gasteiger partial charge is 0.480 e. The van der Waals surface area contributed by atoms with Crippen LogP contribution in [0.2, 0.25) is 0 Å². The molecule has 2 N–H and O–H groups in total. The minimum atomic E-state index is -0.921. The van der Waals surface area contributed by atoms with Crippen LogP contribution >= 0.6 is 23.5 Å². The molecule has 0 spiro atoms. The van der Waals surface area contributed by atoms with E-state index in [0.717, 1.165) is 25.0 Å². The predicted molar refractivity (Wildman–Crippen MR) is 76.2 cm³/mol. The van der Waals surface area contributed by atoms with Gasteiger partial charge in [-0.15, -0.1) is 11.8 Å². The Morgan fingerprint density at radius 3 is 2.89 bits per heavy atom. The van der Waals surface area contributed by atoms with Gasteiger partial charge >= 0.3 is 12.0 Å². The first kappa shape index (κ1) is 15.5. The number of amides is 2. The SMILES string of the molecule is CSCCCCCNC(=O)N1CSCC1C(=O)O. The van der Waals surface area contributed by atoms with E-state index in [0.29, 0.717) is 18.2 Å². The van der Waals surface area contributed by atoms with Gasteiger partial charge in [0, 0.05) is 12.3 Å². The fourth-order valence-corrected chi connectivity index (χ4v) is 3.33. The summed E-state index contributed by atoms with van der Waals surface area (Å²) in [6.07, 6.45) is 5.29. The molecule has 0 aromatic rings. The Kier molecular flexibility index (Phi) is 7.34. The van der Waals surface area contributed by atoms with Crippen molar-refractivity contribution in [2.75, 3.05) is 30.2 Å².